The fourth-order valence-corrected chi connectivity index (χ4v) is 2.09. The molecule has 0 radical (unpaired) electrons. The summed E-state index contributed by atoms with van der Waals surface area (Å²) in [4.78, 5) is 12.2. The molecule has 1 heterocycles. The summed E-state index contributed by atoms with van der Waals surface area (Å²) in [5.41, 5.74) is 1.69. The number of rotatable bonds is 3. The highest BCUT2D eigenvalue weighted by Crippen LogP contribution is 2.15. The molecule has 0 saturated heterocycles. The molecule has 0 aliphatic rings. The summed E-state index contributed by atoms with van der Waals surface area (Å²) in [6.45, 7) is 1.68. The molecule has 23 heavy (non-hydrogen) atoms. The van der Waals surface area contributed by atoms with Gasteiger partial charge in [0.1, 0.15) is 11.6 Å². The van der Waals surface area contributed by atoms with E-state index in [4.69, 9.17) is 0 Å². The predicted octanol–water partition coefficient (Wildman–Crippen LogP) is 3.11. The van der Waals surface area contributed by atoms with Crippen molar-refractivity contribution in [1.82, 2.24) is 15.0 Å². The average Bonchev–Trinajstić information content (AvgIpc) is 2.92. The molecular formula is C16H12F2N4O. The van der Waals surface area contributed by atoms with E-state index in [1.54, 1.807) is 19.1 Å². The van der Waals surface area contributed by atoms with Gasteiger partial charge in [-0.05, 0) is 55.5 Å². The first-order chi connectivity index (χ1) is 11.0. The van der Waals surface area contributed by atoms with Gasteiger partial charge in [-0.1, -0.05) is 5.21 Å². The average molecular weight is 314 g/mol. The molecule has 116 valence electrons. The number of aromatic nitrogens is 3. The van der Waals surface area contributed by atoms with Crippen LogP contribution in [0.2, 0.25) is 0 Å². The van der Waals surface area contributed by atoms with Crippen LogP contribution in [-0.2, 0) is 0 Å². The number of carbonyl (C=O) groups is 1. The van der Waals surface area contributed by atoms with Crippen LogP contribution >= 0.6 is 0 Å². The maximum Gasteiger partial charge on any atom is 0.278 e. The number of hydrogen-bond donors (Lipinski definition) is 1. The zero-order valence-electron chi connectivity index (χ0n) is 12.1. The number of nitrogens with one attached hydrogen (secondary N) is 1. The lowest BCUT2D eigenvalue weighted by molar-refractivity contribution is 0.102. The van der Waals surface area contributed by atoms with Gasteiger partial charge in [0, 0.05) is 5.69 Å². The quantitative estimate of drug-likeness (QED) is 0.808. The smallest absolute Gasteiger partial charge is 0.278 e. The van der Waals surface area contributed by atoms with E-state index >= 15 is 0 Å². The molecule has 0 aliphatic carbocycles. The van der Waals surface area contributed by atoms with Gasteiger partial charge in [-0.25, -0.2) is 13.5 Å². The minimum Gasteiger partial charge on any atom is -0.321 e. The Morgan fingerprint density at radius 2 is 1.57 bits per heavy atom. The highest BCUT2D eigenvalue weighted by atomic mass is 19.1. The molecule has 0 aliphatic heterocycles. The van der Waals surface area contributed by atoms with Crippen molar-refractivity contribution in [1.29, 1.82) is 0 Å². The SMILES string of the molecule is Cc1c(C(=O)Nc2ccc(F)cc2)nnn1-c1ccc(F)cc1. The maximum absolute atomic E-state index is 13.0. The van der Waals surface area contributed by atoms with E-state index in [0.717, 1.165) is 0 Å². The van der Waals surface area contributed by atoms with E-state index in [2.05, 4.69) is 15.6 Å². The lowest BCUT2D eigenvalue weighted by Gasteiger charge is -2.05. The summed E-state index contributed by atoms with van der Waals surface area (Å²) in [5.74, 6) is -1.20. The van der Waals surface area contributed by atoms with Gasteiger partial charge in [0.2, 0.25) is 0 Å². The number of anilines is 1. The Hall–Kier alpha value is -3.09. The zero-order chi connectivity index (χ0) is 16.4. The summed E-state index contributed by atoms with van der Waals surface area (Å²) in [6.07, 6.45) is 0. The second-order valence-electron chi connectivity index (χ2n) is 4.87. The maximum atomic E-state index is 13.0. The van der Waals surface area contributed by atoms with Crippen LogP contribution in [0, 0.1) is 18.6 Å². The summed E-state index contributed by atoms with van der Waals surface area (Å²) < 4.78 is 27.3. The highest BCUT2D eigenvalue weighted by molar-refractivity contribution is 6.03. The van der Waals surface area contributed by atoms with Crippen molar-refractivity contribution < 1.29 is 13.6 Å². The van der Waals surface area contributed by atoms with Crippen LogP contribution in [-0.4, -0.2) is 20.9 Å². The van der Waals surface area contributed by atoms with Crippen molar-refractivity contribution in [3.63, 3.8) is 0 Å². The third-order valence-electron chi connectivity index (χ3n) is 3.28. The molecule has 0 fully saturated rings. The van der Waals surface area contributed by atoms with Crippen molar-refractivity contribution in [2.75, 3.05) is 5.32 Å². The largest absolute Gasteiger partial charge is 0.321 e. The normalized spacial score (nSPS) is 10.6. The second kappa shape index (κ2) is 5.96. The van der Waals surface area contributed by atoms with Crippen LogP contribution in [0.15, 0.2) is 48.5 Å². The molecule has 5 nitrogen and oxygen atoms in total. The van der Waals surface area contributed by atoms with Gasteiger partial charge >= 0.3 is 0 Å². The molecule has 0 bridgehead atoms. The van der Waals surface area contributed by atoms with Crippen LogP contribution < -0.4 is 5.32 Å². The molecule has 3 rings (SSSR count). The van der Waals surface area contributed by atoms with E-state index in [9.17, 15) is 13.6 Å². The molecule has 2 aromatic carbocycles. The monoisotopic (exact) mass is 314 g/mol. The van der Waals surface area contributed by atoms with Crippen LogP contribution in [0.4, 0.5) is 14.5 Å². The number of carbonyl (C=O) groups excluding carboxylic acids is 1. The van der Waals surface area contributed by atoms with E-state index in [1.165, 1.54) is 41.1 Å². The molecule has 0 spiro atoms. The summed E-state index contributed by atoms with van der Waals surface area (Å²) in [7, 11) is 0. The van der Waals surface area contributed by atoms with Crippen molar-refractivity contribution >= 4 is 11.6 Å². The number of nitrogens with zero attached hydrogens (tertiary/aromatic N) is 3. The summed E-state index contributed by atoms with van der Waals surface area (Å²) in [6, 6.07) is 11.1. The Kier molecular flexibility index (Phi) is 3.84. The Bertz CT molecular complexity index is 842. The Labute approximate surface area is 130 Å². The number of halogens is 2. The standard InChI is InChI=1S/C16H12F2N4O/c1-10-15(16(23)19-13-6-2-11(17)3-7-13)20-21-22(10)14-8-4-12(18)5-9-14/h2-9H,1H3,(H,19,23). The fourth-order valence-electron chi connectivity index (χ4n) is 2.09. The van der Waals surface area contributed by atoms with E-state index in [1.807, 2.05) is 0 Å². The molecule has 1 N–H and O–H groups in total. The topological polar surface area (TPSA) is 59.8 Å². The molecule has 3 aromatic rings. The summed E-state index contributed by atoms with van der Waals surface area (Å²) >= 11 is 0. The third-order valence-corrected chi connectivity index (χ3v) is 3.28. The van der Waals surface area contributed by atoms with Gasteiger partial charge in [0.25, 0.3) is 5.91 Å². The third kappa shape index (κ3) is 3.08. The number of hydrogen-bond acceptors (Lipinski definition) is 3. The summed E-state index contributed by atoms with van der Waals surface area (Å²) in [5, 5.41) is 10.4. The number of amides is 1. The fraction of sp³-hybridized carbons (Fsp3) is 0.0625. The second-order valence-corrected chi connectivity index (χ2v) is 4.87. The first-order valence-electron chi connectivity index (χ1n) is 6.80. The van der Waals surface area contributed by atoms with Gasteiger partial charge in [0.05, 0.1) is 11.4 Å². The molecule has 1 amide bonds. The predicted molar refractivity (Wildman–Crippen MR) is 80.4 cm³/mol. The lowest BCUT2D eigenvalue weighted by Crippen LogP contribution is -2.14. The molecule has 0 atom stereocenters. The van der Waals surface area contributed by atoms with E-state index in [-0.39, 0.29) is 17.3 Å². The number of benzene rings is 2. The van der Waals surface area contributed by atoms with Gasteiger partial charge in [0.15, 0.2) is 5.69 Å². The Balaban J connectivity index is 1.85. The van der Waals surface area contributed by atoms with E-state index < -0.39 is 5.91 Å². The molecule has 0 saturated carbocycles. The molecule has 7 heteroatoms. The van der Waals surface area contributed by atoms with Crippen LogP contribution in [0.3, 0.4) is 0 Å². The highest BCUT2D eigenvalue weighted by Gasteiger charge is 2.17. The first kappa shape index (κ1) is 14.8. The molecule has 1 aromatic heterocycles. The van der Waals surface area contributed by atoms with Crippen LogP contribution in [0.5, 0.6) is 0 Å². The van der Waals surface area contributed by atoms with E-state index in [0.29, 0.717) is 17.1 Å². The van der Waals surface area contributed by atoms with Crippen molar-refractivity contribution in [3.8, 4) is 5.69 Å². The molecule has 0 unspecified atom stereocenters. The van der Waals surface area contributed by atoms with Crippen molar-refractivity contribution in [2.24, 2.45) is 0 Å². The minimum atomic E-state index is -0.456. The Morgan fingerprint density at radius 1 is 1.00 bits per heavy atom. The molecular weight excluding hydrogens is 302 g/mol. The zero-order valence-corrected chi connectivity index (χ0v) is 12.1. The Morgan fingerprint density at radius 3 is 2.17 bits per heavy atom. The lowest BCUT2D eigenvalue weighted by atomic mass is 10.2. The van der Waals surface area contributed by atoms with Crippen LogP contribution in [0.25, 0.3) is 5.69 Å². The van der Waals surface area contributed by atoms with Crippen molar-refractivity contribution in [2.45, 2.75) is 6.92 Å². The van der Waals surface area contributed by atoms with Crippen LogP contribution in [0.1, 0.15) is 16.2 Å². The van der Waals surface area contributed by atoms with Gasteiger partial charge in [-0.15, -0.1) is 5.10 Å². The van der Waals surface area contributed by atoms with Gasteiger partial charge in [-0.2, -0.15) is 0 Å². The van der Waals surface area contributed by atoms with Gasteiger partial charge in [-0.3, -0.25) is 4.79 Å². The first-order valence-corrected chi connectivity index (χ1v) is 6.80. The minimum absolute atomic E-state index is 0.138. The van der Waals surface area contributed by atoms with Gasteiger partial charge < -0.3 is 5.32 Å². The van der Waals surface area contributed by atoms with Crippen molar-refractivity contribution in [3.05, 3.63) is 71.6 Å².